The lowest BCUT2D eigenvalue weighted by atomic mass is 10.0. The first-order valence-electron chi connectivity index (χ1n) is 11.2. The summed E-state index contributed by atoms with van der Waals surface area (Å²) in [5.74, 6) is 3.23. The largest absolute Gasteiger partial charge is 0.497 e. The van der Waals surface area contributed by atoms with Crippen molar-refractivity contribution in [2.45, 2.75) is 38.6 Å². The molecule has 7 heteroatoms. The summed E-state index contributed by atoms with van der Waals surface area (Å²) in [6.45, 7) is 2.58. The number of amides is 1. The van der Waals surface area contributed by atoms with Gasteiger partial charge in [-0.2, -0.15) is 0 Å². The first-order chi connectivity index (χ1) is 16.1. The van der Waals surface area contributed by atoms with Crippen molar-refractivity contribution in [2.24, 2.45) is 0 Å². The van der Waals surface area contributed by atoms with Crippen LogP contribution in [0.4, 0.5) is 0 Å². The van der Waals surface area contributed by atoms with E-state index in [0.29, 0.717) is 30.4 Å². The maximum absolute atomic E-state index is 13.1. The van der Waals surface area contributed by atoms with E-state index in [1.807, 2.05) is 54.3 Å². The zero-order chi connectivity index (χ0) is 23.2. The van der Waals surface area contributed by atoms with E-state index in [1.54, 1.807) is 20.4 Å². The lowest BCUT2D eigenvalue weighted by Crippen LogP contribution is -2.41. The molecule has 1 aromatic heterocycles. The number of rotatable bonds is 8. The Morgan fingerprint density at radius 1 is 1.12 bits per heavy atom. The minimum atomic E-state index is -0.186. The maximum Gasteiger partial charge on any atom is 0.261 e. The van der Waals surface area contributed by atoms with Gasteiger partial charge in [0.05, 0.1) is 20.4 Å². The highest BCUT2D eigenvalue weighted by Crippen LogP contribution is 2.32. The molecule has 0 aliphatic carbocycles. The number of hydrogen-bond donors (Lipinski definition) is 0. The lowest BCUT2D eigenvalue weighted by Gasteiger charge is -2.33. The number of ether oxygens (including phenoxy) is 3. The van der Waals surface area contributed by atoms with Crippen LogP contribution in [0.5, 0.6) is 17.2 Å². The van der Waals surface area contributed by atoms with Crippen LogP contribution in [-0.2, 0) is 11.2 Å². The van der Waals surface area contributed by atoms with E-state index in [1.165, 1.54) is 0 Å². The van der Waals surface area contributed by atoms with Crippen LogP contribution in [-0.4, -0.2) is 43.2 Å². The molecule has 33 heavy (non-hydrogen) atoms. The SMILES string of the molecule is COc1cccc(Cc2cnc([C@@H]3CCCCN3C(=O)COc3ccc(C)cc3OC)o2)c1. The van der Waals surface area contributed by atoms with E-state index < -0.39 is 0 Å². The Kier molecular flexibility index (Phi) is 7.17. The number of methoxy groups -OCH3 is 2. The quantitative estimate of drug-likeness (QED) is 0.494. The minimum Gasteiger partial charge on any atom is -0.497 e. The number of benzene rings is 2. The van der Waals surface area contributed by atoms with Crippen molar-refractivity contribution in [3.05, 3.63) is 71.4 Å². The van der Waals surface area contributed by atoms with Gasteiger partial charge in [-0.15, -0.1) is 0 Å². The van der Waals surface area contributed by atoms with E-state index in [9.17, 15) is 4.79 Å². The van der Waals surface area contributed by atoms with E-state index in [2.05, 4.69) is 4.98 Å². The molecule has 2 aromatic carbocycles. The van der Waals surface area contributed by atoms with Gasteiger partial charge in [0, 0.05) is 13.0 Å². The normalized spacial score (nSPS) is 15.8. The molecule has 1 amide bonds. The van der Waals surface area contributed by atoms with Crippen LogP contribution in [0, 0.1) is 6.92 Å². The van der Waals surface area contributed by atoms with E-state index in [0.717, 1.165) is 41.9 Å². The molecule has 1 saturated heterocycles. The number of carbonyl (C=O) groups is 1. The van der Waals surface area contributed by atoms with Gasteiger partial charge in [-0.3, -0.25) is 4.79 Å². The number of aromatic nitrogens is 1. The Balaban J connectivity index is 1.43. The molecule has 174 valence electrons. The van der Waals surface area contributed by atoms with E-state index in [4.69, 9.17) is 18.6 Å². The molecule has 0 saturated carbocycles. The van der Waals surface area contributed by atoms with Crippen LogP contribution in [0.2, 0.25) is 0 Å². The Bertz CT molecular complexity index is 1090. The molecule has 0 bridgehead atoms. The number of carbonyl (C=O) groups excluding carboxylic acids is 1. The van der Waals surface area contributed by atoms with Crippen molar-refractivity contribution in [1.29, 1.82) is 0 Å². The van der Waals surface area contributed by atoms with Crippen LogP contribution in [0.15, 0.2) is 53.1 Å². The second kappa shape index (κ2) is 10.4. The Hall–Kier alpha value is -3.48. The molecule has 0 spiro atoms. The third-order valence-corrected chi connectivity index (χ3v) is 5.86. The Morgan fingerprint density at radius 3 is 2.82 bits per heavy atom. The van der Waals surface area contributed by atoms with Gasteiger partial charge in [-0.1, -0.05) is 18.2 Å². The van der Waals surface area contributed by atoms with Gasteiger partial charge in [-0.05, 0) is 61.6 Å². The topological polar surface area (TPSA) is 74.0 Å². The van der Waals surface area contributed by atoms with Gasteiger partial charge in [0.15, 0.2) is 18.1 Å². The number of nitrogens with zero attached hydrogens (tertiary/aromatic N) is 2. The Labute approximate surface area is 194 Å². The summed E-state index contributed by atoms with van der Waals surface area (Å²) in [5.41, 5.74) is 2.14. The van der Waals surface area contributed by atoms with E-state index >= 15 is 0 Å². The van der Waals surface area contributed by atoms with Gasteiger partial charge in [0.1, 0.15) is 17.6 Å². The smallest absolute Gasteiger partial charge is 0.261 e. The van der Waals surface area contributed by atoms with Crippen LogP contribution < -0.4 is 14.2 Å². The number of aryl methyl sites for hydroxylation is 1. The molecule has 1 fully saturated rings. The average molecular weight is 451 g/mol. The summed E-state index contributed by atoms with van der Waals surface area (Å²) in [6, 6.07) is 13.3. The predicted octanol–water partition coefficient (Wildman–Crippen LogP) is 4.72. The molecule has 1 atom stereocenters. The fourth-order valence-electron chi connectivity index (χ4n) is 4.15. The second-order valence-corrected chi connectivity index (χ2v) is 8.23. The molecule has 2 heterocycles. The second-order valence-electron chi connectivity index (χ2n) is 8.23. The van der Waals surface area contributed by atoms with Gasteiger partial charge in [-0.25, -0.2) is 4.98 Å². The monoisotopic (exact) mass is 450 g/mol. The summed E-state index contributed by atoms with van der Waals surface area (Å²) in [7, 11) is 3.24. The fourth-order valence-corrected chi connectivity index (χ4v) is 4.15. The highest BCUT2D eigenvalue weighted by Gasteiger charge is 2.31. The van der Waals surface area contributed by atoms with Crippen molar-refractivity contribution in [1.82, 2.24) is 9.88 Å². The number of hydrogen-bond acceptors (Lipinski definition) is 6. The summed E-state index contributed by atoms with van der Waals surface area (Å²) < 4.78 is 22.6. The highest BCUT2D eigenvalue weighted by atomic mass is 16.5. The molecule has 3 aromatic rings. The number of piperidine rings is 1. The summed E-state index contributed by atoms with van der Waals surface area (Å²) in [5, 5.41) is 0. The zero-order valence-corrected chi connectivity index (χ0v) is 19.4. The third kappa shape index (κ3) is 5.48. The molecule has 0 unspecified atom stereocenters. The molecule has 1 aliphatic rings. The van der Waals surface area contributed by atoms with Crippen molar-refractivity contribution >= 4 is 5.91 Å². The first kappa shape index (κ1) is 22.7. The summed E-state index contributed by atoms with van der Waals surface area (Å²) in [6.07, 6.45) is 5.15. The van der Waals surface area contributed by atoms with Crippen molar-refractivity contribution in [3.63, 3.8) is 0 Å². The van der Waals surface area contributed by atoms with Gasteiger partial charge in [0.25, 0.3) is 5.91 Å². The van der Waals surface area contributed by atoms with Crippen molar-refractivity contribution in [3.8, 4) is 17.2 Å². The Morgan fingerprint density at radius 2 is 2.00 bits per heavy atom. The molecule has 0 radical (unpaired) electrons. The standard InChI is InChI=1S/C26H30N2O5/c1-18-10-11-23(24(13-18)31-3)32-17-25(29)28-12-5-4-9-22(28)26-27-16-21(33-26)15-19-7-6-8-20(14-19)30-2/h6-8,10-11,13-14,16,22H,4-5,9,12,15,17H2,1-3H3/t22-/m0/s1. The minimum absolute atomic E-state index is 0.0622. The van der Waals surface area contributed by atoms with E-state index in [-0.39, 0.29) is 18.6 Å². The molecule has 0 N–H and O–H groups in total. The first-order valence-corrected chi connectivity index (χ1v) is 11.2. The van der Waals surface area contributed by atoms with Crippen LogP contribution >= 0.6 is 0 Å². The zero-order valence-electron chi connectivity index (χ0n) is 19.4. The van der Waals surface area contributed by atoms with Gasteiger partial charge in [0.2, 0.25) is 5.89 Å². The molecule has 7 nitrogen and oxygen atoms in total. The van der Waals surface area contributed by atoms with Crippen LogP contribution in [0.3, 0.4) is 0 Å². The molecular formula is C26H30N2O5. The summed E-state index contributed by atoms with van der Waals surface area (Å²) in [4.78, 5) is 19.4. The number of likely N-dealkylation sites (tertiary alicyclic amines) is 1. The van der Waals surface area contributed by atoms with Crippen molar-refractivity contribution in [2.75, 3.05) is 27.4 Å². The van der Waals surface area contributed by atoms with Crippen molar-refractivity contribution < 1.29 is 23.4 Å². The number of oxazole rings is 1. The molecular weight excluding hydrogens is 420 g/mol. The lowest BCUT2D eigenvalue weighted by molar-refractivity contribution is -0.137. The maximum atomic E-state index is 13.1. The summed E-state index contributed by atoms with van der Waals surface area (Å²) >= 11 is 0. The third-order valence-electron chi connectivity index (χ3n) is 5.86. The van der Waals surface area contributed by atoms with Crippen LogP contribution in [0.1, 0.15) is 48.1 Å². The van der Waals surface area contributed by atoms with Gasteiger partial charge >= 0.3 is 0 Å². The average Bonchev–Trinajstić information content (AvgIpc) is 3.31. The fraction of sp³-hybridized carbons (Fsp3) is 0.385. The predicted molar refractivity (Wildman–Crippen MR) is 124 cm³/mol. The highest BCUT2D eigenvalue weighted by molar-refractivity contribution is 5.78. The molecule has 4 rings (SSSR count). The van der Waals surface area contributed by atoms with Gasteiger partial charge < -0.3 is 23.5 Å². The van der Waals surface area contributed by atoms with Crippen LogP contribution in [0.25, 0.3) is 0 Å². The molecule has 1 aliphatic heterocycles.